The number of carbonyl (C=O) groups is 1. The molecule has 0 aliphatic carbocycles. The number of hydrazone groups is 1. The fourth-order valence-corrected chi connectivity index (χ4v) is 3.39. The smallest absolute Gasteiger partial charge is 0.356 e. The van der Waals surface area contributed by atoms with Gasteiger partial charge in [0.25, 0.3) is 0 Å². The van der Waals surface area contributed by atoms with E-state index in [1.807, 2.05) is 6.07 Å². The lowest BCUT2D eigenvalue weighted by Gasteiger charge is -2.39. The molecule has 8 heteroatoms. The summed E-state index contributed by atoms with van der Waals surface area (Å²) in [5, 5.41) is 15.9. The molecule has 4 rings (SSSR count). The quantitative estimate of drug-likeness (QED) is 0.820. The van der Waals surface area contributed by atoms with Crippen molar-refractivity contribution in [2.45, 2.75) is 0 Å². The average molecular weight is 372 g/mol. The number of aliphatic imine (C=N–C) groups is 1. The maximum absolute atomic E-state index is 11.5. The van der Waals surface area contributed by atoms with E-state index in [4.69, 9.17) is 16.6 Å². The van der Waals surface area contributed by atoms with Crippen LogP contribution < -0.4 is 5.01 Å². The molecule has 3 aliphatic rings. The predicted octanol–water partition coefficient (Wildman–Crippen LogP) is 2.33. The van der Waals surface area contributed by atoms with Crippen LogP contribution in [0.2, 0.25) is 5.02 Å². The van der Waals surface area contributed by atoms with Crippen molar-refractivity contribution in [1.82, 2.24) is 9.80 Å². The lowest BCUT2D eigenvalue weighted by Crippen LogP contribution is -2.50. The Morgan fingerprint density at radius 3 is 2.69 bits per heavy atom. The van der Waals surface area contributed by atoms with Crippen LogP contribution in [0.5, 0.6) is 0 Å². The number of fused-ring (bicyclic) bond motifs is 3. The zero-order valence-corrected chi connectivity index (χ0v) is 15.1. The largest absolute Gasteiger partial charge is 0.476 e. The monoisotopic (exact) mass is 371 g/mol. The van der Waals surface area contributed by atoms with E-state index in [1.165, 1.54) is 0 Å². The van der Waals surface area contributed by atoms with Crippen LogP contribution in [0.15, 0.2) is 52.2 Å². The Labute approximate surface area is 156 Å². The van der Waals surface area contributed by atoms with E-state index < -0.39 is 5.97 Å². The Kier molecular flexibility index (Phi) is 4.05. The fraction of sp³-hybridized carbons (Fsp3) is 0.278. The normalized spacial score (nSPS) is 20.1. The van der Waals surface area contributed by atoms with E-state index in [-0.39, 0.29) is 5.71 Å². The molecule has 0 spiro atoms. The second-order valence-corrected chi connectivity index (χ2v) is 6.92. The van der Waals surface area contributed by atoms with Crippen LogP contribution >= 0.6 is 11.6 Å². The highest BCUT2D eigenvalue weighted by Crippen LogP contribution is 2.40. The van der Waals surface area contributed by atoms with Gasteiger partial charge in [0, 0.05) is 36.8 Å². The van der Waals surface area contributed by atoms with Crippen LogP contribution in [0.3, 0.4) is 0 Å². The number of carboxylic acids is 1. The highest BCUT2D eigenvalue weighted by atomic mass is 35.5. The summed E-state index contributed by atoms with van der Waals surface area (Å²) in [6, 6.07) is 5.33. The standard InChI is InChI=1S/C18H18ClN5O2/c1-11-9-15-17(23-7-5-22(2)6-8-23)20-13-4-3-12(19)10-14(13)24(15)21-16(11)18(25)26/h3-4,9-10H,1,5-8H2,2H3,(H,25,26). The summed E-state index contributed by atoms with van der Waals surface area (Å²) in [6.45, 7) is 7.40. The van der Waals surface area contributed by atoms with Gasteiger partial charge in [-0.05, 0) is 31.3 Å². The molecule has 1 fully saturated rings. The lowest BCUT2D eigenvalue weighted by atomic mass is 10.1. The maximum atomic E-state index is 11.5. The number of carboxylic acid groups (broad SMARTS) is 1. The number of nitrogens with zero attached hydrogens (tertiary/aromatic N) is 5. The van der Waals surface area contributed by atoms with E-state index in [1.54, 1.807) is 23.2 Å². The number of hydrogen-bond acceptors (Lipinski definition) is 6. The number of piperazine rings is 1. The minimum absolute atomic E-state index is 0.0840. The summed E-state index contributed by atoms with van der Waals surface area (Å²) in [7, 11) is 2.09. The summed E-state index contributed by atoms with van der Waals surface area (Å²) in [5.41, 5.74) is 2.36. The minimum Gasteiger partial charge on any atom is -0.476 e. The molecule has 1 N–H and O–H groups in total. The first-order valence-electron chi connectivity index (χ1n) is 8.29. The molecule has 0 amide bonds. The van der Waals surface area contributed by atoms with Gasteiger partial charge in [0.2, 0.25) is 0 Å². The van der Waals surface area contributed by atoms with Crippen molar-refractivity contribution < 1.29 is 9.90 Å². The minimum atomic E-state index is -1.11. The van der Waals surface area contributed by atoms with Crippen molar-refractivity contribution in [1.29, 1.82) is 0 Å². The highest BCUT2D eigenvalue weighted by molar-refractivity contribution is 6.44. The van der Waals surface area contributed by atoms with E-state index in [0.717, 1.165) is 37.7 Å². The third kappa shape index (κ3) is 2.79. The molecule has 0 bridgehead atoms. The molecule has 0 saturated carbocycles. The summed E-state index contributed by atoms with van der Waals surface area (Å²) in [6.07, 6.45) is 1.73. The van der Waals surface area contributed by atoms with Gasteiger partial charge in [-0.3, -0.25) is 0 Å². The van der Waals surface area contributed by atoms with Gasteiger partial charge in [-0.25, -0.2) is 14.8 Å². The van der Waals surface area contributed by atoms with Crippen LogP contribution in [0.25, 0.3) is 0 Å². The summed E-state index contributed by atoms with van der Waals surface area (Å²) in [5.74, 6) is -0.334. The number of rotatable bonds is 1. The average Bonchev–Trinajstić information content (AvgIpc) is 2.61. The van der Waals surface area contributed by atoms with E-state index in [9.17, 15) is 9.90 Å². The SMILES string of the molecule is C=C1C=C2C(N3CCN(C)CC3)=Nc3ccc(Cl)cc3N2N=C1C(=O)O. The molecule has 26 heavy (non-hydrogen) atoms. The summed E-state index contributed by atoms with van der Waals surface area (Å²) < 4.78 is 0. The molecule has 1 aromatic rings. The van der Waals surface area contributed by atoms with E-state index in [0.29, 0.717) is 22.0 Å². The molecule has 0 radical (unpaired) electrons. The number of aliphatic carboxylic acids is 1. The van der Waals surface area contributed by atoms with Crippen molar-refractivity contribution >= 4 is 40.5 Å². The molecule has 3 aliphatic heterocycles. The van der Waals surface area contributed by atoms with Gasteiger partial charge in [-0.15, -0.1) is 0 Å². The zero-order chi connectivity index (χ0) is 18.4. The molecular formula is C18H18ClN5O2. The third-order valence-electron chi connectivity index (χ3n) is 4.67. The van der Waals surface area contributed by atoms with Gasteiger partial charge >= 0.3 is 5.97 Å². The molecule has 0 atom stereocenters. The molecule has 1 saturated heterocycles. The Morgan fingerprint density at radius 2 is 2.00 bits per heavy atom. The predicted molar refractivity (Wildman–Crippen MR) is 102 cm³/mol. The number of benzene rings is 1. The van der Waals surface area contributed by atoms with Gasteiger partial charge < -0.3 is 14.9 Å². The van der Waals surface area contributed by atoms with Crippen molar-refractivity contribution in [2.75, 3.05) is 38.2 Å². The van der Waals surface area contributed by atoms with E-state index in [2.05, 4.69) is 28.5 Å². The molecular weight excluding hydrogens is 354 g/mol. The lowest BCUT2D eigenvalue weighted by molar-refractivity contribution is -0.129. The number of halogens is 1. The van der Waals surface area contributed by atoms with Gasteiger partial charge in [0.1, 0.15) is 5.70 Å². The number of likely N-dealkylation sites (N-methyl/N-ethyl adjacent to an activating group) is 1. The van der Waals surface area contributed by atoms with Gasteiger partial charge in [-0.1, -0.05) is 18.2 Å². The van der Waals surface area contributed by atoms with Gasteiger partial charge in [0.05, 0.1) is 11.4 Å². The topological polar surface area (TPSA) is 71.7 Å². The van der Waals surface area contributed by atoms with Gasteiger partial charge in [0.15, 0.2) is 11.5 Å². The number of anilines is 1. The first-order valence-corrected chi connectivity index (χ1v) is 8.67. The van der Waals surface area contributed by atoms with Crippen molar-refractivity contribution in [2.24, 2.45) is 10.1 Å². The molecule has 0 aromatic heterocycles. The van der Waals surface area contributed by atoms with Crippen LogP contribution in [0.4, 0.5) is 11.4 Å². The number of amidine groups is 1. The first kappa shape index (κ1) is 16.8. The highest BCUT2D eigenvalue weighted by Gasteiger charge is 2.34. The number of allylic oxidation sites excluding steroid dienone is 1. The van der Waals surface area contributed by atoms with Crippen molar-refractivity contribution in [3.63, 3.8) is 0 Å². The van der Waals surface area contributed by atoms with Crippen LogP contribution in [0.1, 0.15) is 0 Å². The molecule has 0 unspecified atom stereocenters. The van der Waals surface area contributed by atoms with Crippen molar-refractivity contribution in [3.05, 3.63) is 47.1 Å². The van der Waals surface area contributed by atoms with E-state index >= 15 is 0 Å². The molecule has 3 heterocycles. The Bertz CT molecular complexity index is 897. The third-order valence-corrected chi connectivity index (χ3v) is 4.90. The Balaban J connectivity index is 1.83. The summed E-state index contributed by atoms with van der Waals surface area (Å²) in [4.78, 5) is 20.8. The Hall–Kier alpha value is -2.64. The fourth-order valence-electron chi connectivity index (χ4n) is 3.22. The number of hydrogen-bond donors (Lipinski definition) is 1. The summed E-state index contributed by atoms with van der Waals surface area (Å²) >= 11 is 6.14. The van der Waals surface area contributed by atoms with Crippen LogP contribution in [-0.4, -0.2) is 65.6 Å². The Morgan fingerprint density at radius 1 is 1.27 bits per heavy atom. The second-order valence-electron chi connectivity index (χ2n) is 6.48. The molecule has 1 aromatic carbocycles. The van der Waals surface area contributed by atoms with Crippen LogP contribution in [0, 0.1) is 0 Å². The molecule has 7 nitrogen and oxygen atoms in total. The zero-order valence-electron chi connectivity index (χ0n) is 14.3. The molecule has 134 valence electrons. The van der Waals surface area contributed by atoms with Crippen molar-refractivity contribution in [3.8, 4) is 0 Å². The first-order chi connectivity index (χ1) is 12.4. The second kappa shape index (κ2) is 6.26. The maximum Gasteiger partial charge on any atom is 0.356 e. The van der Waals surface area contributed by atoms with Gasteiger partial charge in [-0.2, -0.15) is 5.10 Å². The van der Waals surface area contributed by atoms with Crippen LogP contribution in [-0.2, 0) is 4.79 Å².